The van der Waals surface area contributed by atoms with Gasteiger partial charge < -0.3 is 9.80 Å². The molecular weight excluding hydrogens is 359 g/mol. The summed E-state index contributed by atoms with van der Waals surface area (Å²) in [5, 5.41) is 8.95. The highest BCUT2D eigenvalue weighted by Gasteiger charge is 2.37. The zero-order valence-corrected chi connectivity index (χ0v) is 14.3. The van der Waals surface area contributed by atoms with Crippen molar-refractivity contribution in [1.82, 2.24) is 19.9 Å². The quantitative estimate of drug-likeness (QED) is 0.814. The molecule has 0 unspecified atom stereocenters. The Morgan fingerprint density at radius 1 is 1.04 bits per heavy atom. The number of piperazine rings is 1. The fraction of sp³-hybridized carbons (Fsp3) is 0.471. The topological polar surface area (TPSA) is 81.8 Å². The highest BCUT2D eigenvalue weighted by Crippen LogP contribution is 2.40. The number of nitrogens with zero attached hydrogens (tertiary/aromatic N) is 7. The number of anilines is 2. The van der Waals surface area contributed by atoms with E-state index < -0.39 is 11.9 Å². The van der Waals surface area contributed by atoms with E-state index in [0.29, 0.717) is 37.9 Å². The van der Waals surface area contributed by atoms with Crippen molar-refractivity contribution in [2.75, 3.05) is 36.0 Å². The van der Waals surface area contributed by atoms with E-state index in [4.69, 9.17) is 5.26 Å². The first-order chi connectivity index (χ1) is 12.9. The predicted octanol–water partition coefficient (Wildman–Crippen LogP) is 2.36. The van der Waals surface area contributed by atoms with Crippen molar-refractivity contribution in [3.63, 3.8) is 0 Å². The van der Waals surface area contributed by atoms with Crippen LogP contribution in [0.3, 0.4) is 0 Å². The Hall–Kier alpha value is -2.96. The van der Waals surface area contributed by atoms with Crippen molar-refractivity contribution < 1.29 is 13.2 Å². The van der Waals surface area contributed by atoms with E-state index in [1.165, 1.54) is 12.3 Å². The van der Waals surface area contributed by atoms with Gasteiger partial charge in [-0.3, -0.25) is 0 Å². The monoisotopic (exact) mass is 375 g/mol. The third-order valence-electron chi connectivity index (χ3n) is 4.61. The van der Waals surface area contributed by atoms with Crippen LogP contribution < -0.4 is 9.80 Å². The molecule has 1 saturated carbocycles. The third kappa shape index (κ3) is 3.77. The lowest BCUT2D eigenvalue weighted by Crippen LogP contribution is -2.47. The summed E-state index contributed by atoms with van der Waals surface area (Å²) in [5.74, 6) is 1.08. The molecule has 7 nitrogen and oxygen atoms in total. The molecule has 0 N–H and O–H groups in total. The van der Waals surface area contributed by atoms with Crippen molar-refractivity contribution in [2.24, 2.45) is 0 Å². The SMILES string of the molecule is N#Cc1ccnc(N2CCN(c3cc(C(F)(F)F)nc(C4CC4)n3)CC2)n1. The van der Waals surface area contributed by atoms with Crippen LogP contribution in [-0.2, 0) is 6.18 Å². The van der Waals surface area contributed by atoms with Crippen molar-refractivity contribution >= 4 is 11.8 Å². The molecule has 2 aromatic heterocycles. The molecule has 0 aromatic carbocycles. The van der Waals surface area contributed by atoms with Gasteiger partial charge in [0.2, 0.25) is 5.95 Å². The van der Waals surface area contributed by atoms with E-state index in [1.54, 1.807) is 0 Å². The average molecular weight is 375 g/mol. The number of halogens is 3. The first-order valence-electron chi connectivity index (χ1n) is 8.63. The maximum atomic E-state index is 13.2. The van der Waals surface area contributed by atoms with Crippen LogP contribution in [0.1, 0.15) is 36.0 Å². The average Bonchev–Trinajstić information content (AvgIpc) is 3.52. The summed E-state index contributed by atoms with van der Waals surface area (Å²) >= 11 is 0. The number of alkyl halides is 3. The largest absolute Gasteiger partial charge is 0.433 e. The lowest BCUT2D eigenvalue weighted by Gasteiger charge is -2.35. The van der Waals surface area contributed by atoms with Crippen LogP contribution in [0.5, 0.6) is 0 Å². The fourth-order valence-electron chi connectivity index (χ4n) is 2.98. The second-order valence-corrected chi connectivity index (χ2v) is 6.57. The molecule has 27 heavy (non-hydrogen) atoms. The Bertz CT molecular complexity index is 881. The van der Waals surface area contributed by atoms with Crippen LogP contribution in [0.25, 0.3) is 0 Å². The van der Waals surface area contributed by atoms with Crippen LogP contribution in [-0.4, -0.2) is 46.1 Å². The second-order valence-electron chi connectivity index (χ2n) is 6.57. The van der Waals surface area contributed by atoms with Crippen molar-refractivity contribution in [3.8, 4) is 6.07 Å². The summed E-state index contributed by atoms with van der Waals surface area (Å²) in [7, 11) is 0. The standard InChI is InChI=1S/C17H16F3N7/c18-17(19,20)13-9-14(25-15(24-13)11-1-2-11)26-5-7-27(8-6-26)16-22-4-3-12(10-21)23-16/h3-4,9,11H,1-2,5-8H2. The van der Waals surface area contributed by atoms with E-state index in [-0.39, 0.29) is 17.4 Å². The molecule has 2 aliphatic rings. The van der Waals surface area contributed by atoms with Crippen molar-refractivity contribution in [2.45, 2.75) is 24.9 Å². The molecule has 0 spiro atoms. The predicted molar refractivity (Wildman–Crippen MR) is 90.2 cm³/mol. The van der Waals surface area contributed by atoms with Gasteiger partial charge in [-0.1, -0.05) is 0 Å². The lowest BCUT2D eigenvalue weighted by atomic mass is 10.2. The smallest absolute Gasteiger partial charge is 0.353 e. The van der Waals surface area contributed by atoms with Gasteiger partial charge in [-0.05, 0) is 18.9 Å². The van der Waals surface area contributed by atoms with E-state index in [1.807, 2.05) is 15.9 Å². The Kier molecular flexibility index (Phi) is 4.30. The maximum absolute atomic E-state index is 13.2. The minimum Gasteiger partial charge on any atom is -0.353 e. The molecule has 0 atom stereocenters. The van der Waals surface area contributed by atoms with Crippen LogP contribution in [0.4, 0.5) is 24.9 Å². The maximum Gasteiger partial charge on any atom is 0.433 e. The van der Waals surface area contributed by atoms with Crippen LogP contribution in [0.15, 0.2) is 18.3 Å². The Morgan fingerprint density at radius 2 is 1.74 bits per heavy atom. The van der Waals surface area contributed by atoms with Gasteiger partial charge in [0.15, 0.2) is 0 Å². The van der Waals surface area contributed by atoms with Gasteiger partial charge in [0.1, 0.15) is 29.1 Å². The molecule has 2 aromatic rings. The Balaban J connectivity index is 1.52. The summed E-state index contributed by atoms with van der Waals surface area (Å²) in [6.07, 6.45) is -1.30. The molecular formula is C17H16F3N7. The second kappa shape index (κ2) is 6.64. The Labute approximate surface area is 153 Å². The zero-order chi connectivity index (χ0) is 19.0. The van der Waals surface area contributed by atoms with Gasteiger partial charge in [-0.15, -0.1) is 0 Å². The minimum absolute atomic E-state index is 0.0365. The normalized spacial score (nSPS) is 17.7. The first kappa shape index (κ1) is 17.5. The van der Waals surface area contributed by atoms with E-state index in [2.05, 4.69) is 19.9 Å². The van der Waals surface area contributed by atoms with Crippen LogP contribution in [0, 0.1) is 11.3 Å². The van der Waals surface area contributed by atoms with Crippen molar-refractivity contribution in [3.05, 3.63) is 35.5 Å². The van der Waals surface area contributed by atoms with Gasteiger partial charge in [-0.25, -0.2) is 19.9 Å². The summed E-state index contributed by atoms with van der Waals surface area (Å²) in [5.41, 5.74) is -0.607. The van der Waals surface area contributed by atoms with E-state index in [9.17, 15) is 13.2 Å². The molecule has 140 valence electrons. The van der Waals surface area contributed by atoms with E-state index in [0.717, 1.165) is 18.9 Å². The highest BCUT2D eigenvalue weighted by molar-refractivity contribution is 5.45. The van der Waals surface area contributed by atoms with Crippen LogP contribution >= 0.6 is 0 Å². The number of rotatable bonds is 3. The molecule has 4 rings (SSSR count). The fourth-order valence-corrected chi connectivity index (χ4v) is 2.98. The van der Waals surface area contributed by atoms with Gasteiger partial charge in [0.05, 0.1) is 0 Å². The summed E-state index contributed by atoms with van der Waals surface area (Å²) in [6.45, 7) is 2.02. The van der Waals surface area contributed by atoms with Gasteiger partial charge >= 0.3 is 6.18 Å². The molecule has 1 aliphatic heterocycles. The summed E-state index contributed by atoms with van der Waals surface area (Å²) in [6, 6.07) is 4.52. The summed E-state index contributed by atoms with van der Waals surface area (Å²) < 4.78 is 39.6. The number of hydrogen-bond donors (Lipinski definition) is 0. The summed E-state index contributed by atoms with van der Waals surface area (Å²) in [4.78, 5) is 20.2. The molecule has 0 radical (unpaired) electrons. The van der Waals surface area contributed by atoms with Gasteiger partial charge in [-0.2, -0.15) is 18.4 Å². The molecule has 0 bridgehead atoms. The molecule has 3 heterocycles. The number of hydrogen-bond acceptors (Lipinski definition) is 7. The van der Waals surface area contributed by atoms with E-state index >= 15 is 0 Å². The molecule has 1 saturated heterocycles. The number of nitriles is 1. The highest BCUT2D eigenvalue weighted by atomic mass is 19.4. The molecule has 2 fully saturated rings. The zero-order valence-electron chi connectivity index (χ0n) is 14.3. The molecule has 1 aliphatic carbocycles. The Morgan fingerprint density at radius 3 is 2.37 bits per heavy atom. The van der Waals surface area contributed by atoms with Gasteiger partial charge in [0.25, 0.3) is 0 Å². The molecule has 10 heteroatoms. The van der Waals surface area contributed by atoms with Crippen LogP contribution in [0.2, 0.25) is 0 Å². The third-order valence-corrected chi connectivity index (χ3v) is 4.61. The molecule has 0 amide bonds. The minimum atomic E-state index is -4.49. The van der Waals surface area contributed by atoms with Crippen molar-refractivity contribution in [1.29, 1.82) is 5.26 Å². The number of aromatic nitrogens is 4. The van der Waals surface area contributed by atoms with Gasteiger partial charge in [0, 0.05) is 44.4 Å². The first-order valence-corrected chi connectivity index (χ1v) is 8.63. The lowest BCUT2D eigenvalue weighted by molar-refractivity contribution is -0.141.